The molecule has 0 aromatic rings. The van der Waals surface area contributed by atoms with Gasteiger partial charge >= 0.3 is 0 Å². The van der Waals surface area contributed by atoms with E-state index in [9.17, 15) is 0 Å². The predicted octanol–water partition coefficient (Wildman–Crippen LogP) is -0.997. The highest BCUT2D eigenvalue weighted by molar-refractivity contribution is 4.70. The molecule has 8 heavy (non-hydrogen) atoms. The molecule has 1 rings (SSSR count). The molecule has 0 aliphatic carbocycles. The second kappa shape index (κ2) is 2.44. The van der Waals surface area contributed by atoms with E-state index >= 15 is 0 Å². The molecule has 3 nitrogen and oxygen atoms in total. The Bertz CT molecular complexity index is 70.1. The summed E-state index contributed by atoms with van der Waals surface area (Å²) in [6, 6.07) is 0. The Kier molecular flexibility index (Phi) is 1.83. The summed E-state index contributed by atoms with van der Waals surface area (Å²) in [5, 5.41) is 17.2. The van der Waals surface area contributed by atoms with Crippen molar-refractivity contribution in [3.05, 3.63) is 0 Å². The molecule has 2 N–H and O–H groups in total. The van der Waals surface area contributed by atoms with E-state index < -0.39 is 6.23 Å². The van der Waals surface area contributed by atoms with Crippen LogP contribution in [0.5, 0.6) is 0 Å². The second-order valence-electron chi connectivity index (χ2n) is 2.05. The Morgan fingerprint density at radius 3 is 2.25 bits per heavy atom. The van der Waals surface area contributed by atoms with Crippen molar-refractivity contribution in [1.29, 1.82) is 0 Å². The molecule has 0 aromatic carbocycles. The van der Waals surface area contributed by atoms with E-state index in [0.717, 1.165) is 19.5 Å². The van der Waals surface area contributed by atoms with Crippen LogP contribution >= 0.6 is 0 Å². The summed E-state index contributed by atoms with van der Waals surface area (Å²) in [6.07, 6.45) is 0.542. The molecule has 1 heterocycles. The predicted molar refractivity (Wildman–Crippen MR) is 29.3 cm³/mol. The lowest BCUT2D eigenvalue weighted by Crippen LogP contribution is -2.46. The van der Waals surface area contributed by atoms with Gasteiger partial charge in [-0.25, -0.2) is 0 Å². The van der Waals surface area contributed by atoms with Crippen molar-refractivity contribution in [2.24, 2.45) is 0 Å². The SMILES string of the molecule is OCC(O)N1CCC1. The normalized spacial score (nSPS) is 24.8. The Morgan fingerprint density at radius 2 is 2.12 bits per heavy atom. The third kappa shape index (κ3) is 0.992. The van der Waals surface area contributed by atoms with E-state index in [-0.39, 0.29) is 6.61 Å². The Hall–Kier alpha value is -0.120. The van der Waals surface area contributed by atoms with Crippen LogP contribution in [0.15, 0.2) is 0 Å². The van der Waals surface area contributed by atoms with Crippen LogP contribution in [0.1, 0.15) is 6.42 Å². The van der Waals surface area contributed by atoms with Crippen LogP contribution in [0.4, 0.5) is 0 Å². The molecule has 1 unspecified atom stereocenters. The third-order valence-corrected chi connectivity index (χ3v) is 1.48. The number of likely N-dealkylation sites (tertiary alicyclic amines) is 1. The van der Waals surface area contributed by atoms with Gasteiger partial charge in [-0.2, -0.15) is 0 Å². The quantitative estimate of drug-likeness (QED) is 0.487. The minimum atomic E-state index is -0.608. The molecule has 0 spiro atoms. The van der Waals surface area contributed by atoms with Crippen LogP contribution in [0.3, 0.4) is 0 Å². The van der Waals surface area contributed by atoms with E-state index in [0.29, 0.717) is 0 Å². The Labute approximate surface area is 48.5 Å². The highest BCUT2D eigenvalue weighted by Crippen LogP contribution is 2.07. The Morgan fingerprint density at radius 1 is 1.50 bits per heavy atom. The number of nitrogens with zero attached hydrogens (tertiary/aromatic N) is 1. The highest BCUT2D eigenvalue weighted by atomic mass is 16.3. The molecular weight excluding hydrogens is 106 g/mol. The molecule has 1 saturated heterocycles. The van der Waals surface area contributed by atoms with E-state index in [1.165, 1.54) is 0 Å². The number of rotatable bonds is 2. The van der Waals surface area contributed by atoms with Gasteiger partial charge in [-0.05, 0) is 6.42 Å². The lowest BCUT2D eigenvalue weighted by atomic mass is 10.2. The fraction of sp³-hybridized carbons (Fsp3) is 1.00. The maximum Gasteiger partial charge on any atom is 0.130 e. The topological polar surface area (TPSA) is 43.7 Å². The molecule has 1 aliphatic heterocycles. The molecule has 1 aliphatic rings. The van der Waals surface area contributed by atoms with Crippen molar-refractivity contribution in [3.8, 4) is 0 Å². The number of hydrogen-bond acceptors (Lipinski definition) is 3. The lowest BCUT2D eigenvalue weighted by molar-refractivity contribution is -0.0646. The Balaban J connectivity index is 2.13. The van der Waals surface area contributed by atoms with Gasteiger partial charge in [-0.3, -0.25) is 4.90 Å². The molecule has 0 amide bonds. The summed E-state index contributed by atoms with van der Waals surface area (Å²) < 4.78 is 0. The van der Waals surface area contributed by atoms with Crippen molar-refractivity contribution in [2.45, 2.75) is 12.6 Å². The average molecular weight is 117 g/mol. The van der Waals surface area contributed by atoms with Gasteiger partial charge in [0.25, 0.3) is 0 Å². The van der Waals surface area contributed by atoms with E-state index in [2.05, 4.69) is 0 Å². The summed E-state index contributed by atoms with van der Waals surface area (Å²) >= 11 is 0. The summed E-state index contributed by atoms with van der Waals surface area (Å²) in [6.45, 7) is 1.73. The smallest absolute Gasteiger partial charge is 0.130 e. The highest BCUT2D eigenvalue weighted by Gasteiger charge is 2.20. The standard InChI is InChI=1S/C5H11NO2/c7-4-5(8)6-2-1-3-6/h5,7-8H,1-4H2. The number of aliphatic hydroxyl groups excluding tert-OH is 2. The van der Waals surface area contributed by atoms with Crippen LogP contribution in [0.2, 0.25) is 0 Å². The van der Waals surface area contributed by atoms with Gasteiger partial charge in [0.15, 0.2) is 0 Å². The zero-order valence-electron chi connectivity index (χ0n) is 4.75. The third-order valence-electron chi connectivity index (χ3n) is 1.48. The van der Waals surface area contributed by atoms with Crippen molar-refractivity contribution in [1.82, 2.24) is 4.90 Å². The molecule has 48 valence electrons. The lowest BCUT2D eigenvalue weighted by Gasteiger charge is -2.33. The monoisotopic (exact) mass is 117 g/mol. The van der Waals surface area contributed by atoms with Crippen LogP contribution in [-0.4, -0.2) is 41.0 Å². The van der Waals surface area contributed by atoms with Crippen molar-refractivity contribution in [2.75, 3.05) is 19.7 Å². The number of aliphatic hydroxyl groups is 2. The maximum absolute atomic E-state index is 8.85. The second-order valence-corrected chi connectivity index (χ2v) is 2.05. The van der Waals surface area contributed by atoms with Gasteiger partial charge in [0.05, 0.1) is 6.61 Å². The van der Waals surface area contributed by atoms with Gasteiger partial charge < -0.3 is 10.2 Å². The van der Waals surface area contributed by atoms with E-state index in [1.54, 1.807) is 0 Å². The molecule has 0 radical (unpaired) electrons. The fourth-order valence-electron chi connectivity index (χ4n) is 0.754. The largest absolute Gasteiger partial charge is 0.392 e. The van der Waals surface area contributed by atoms with Gasteiger partial charge in [0, 0.05) is 13.1 Å². The molecule has 3 heteroatoms. The summed E-state index contributed by atoms with van der Waals surface area (Å²) in [4.78, 5) is 1.83. The minimum Gasteiger partial charge on any atom is -0.392 e. The molecular formula is C5H11NO2. The first-order valence-electron chi connectivity index (χ1n) is 2.87. The van der Waals surface area contributed by atoms with E-state index in [1.807, 2.05) is 4.90 Å². The average Bonchev–Trinajstić information content (AvgIpc) is 1.62. The van der Waals surface area contributed by atoms with Gasteiger partial charge in [-0.15, -0.1) is 0 Å². The molecule has 0 aromatic heterocycles. The van der Waals surface area contributed by atoms with Crippen molar-refractivity contribution >= 4 is 0 Å². The summed E-state index contributed by atoms with van der Waals surface area (Å²) in [7, 11) is 0. The first-order valence-corrected chi connectivity index (χ1v) is 2.87. The van der Waals surface area contributed by atoms with Crippen molar-refractivity contribution in [3.63, 3.8) is 0 Å². The minimum absolute atomic E-state index is 0.139. The first-order chi connectivity index (χ1) is 3.84. The summed E-state index contributed by atoms with van der Waals surface area (Å²) in [5.41, 5.74) is 0. The molecule has 1 fully saturated rings. The van der Waals surface area contributed by atoms with Gasteiger partial charge in [-0.1, -0.05) is 0 Å². The van der Waals surface area contributed by atoms with Crippen LogP contribution < -0.4 is 0 Å². The van der Waals surface area contributed by atoms with Crippen LogP contribution in [-0.2, 0) is 0 Å². The van der Waals surface area contributed by atoms with Crippen LogP contribution in [0.25, 0.3) is 0 Å². The maximum atomic E-state index is 8.85. The number of hydrogen-bond donors (Lipinski definition) is 2. The van der Waals surface area contributed by atoms with Crippen LogP contribution in [0, 0.1) is 0 Å². The van der Waals surface area contributed by atoms with Gasteiger partial charge in [0.2, 0.25) is 0 Å². The first kappa shape index (κ1) is 6.01. The zero-order chi connectivity index (χ0) is 5.98. The van der Waals surface area contributed by atoms with E-state index in [4.69, 9.17) is 10.2 Å². The zero-order valence-corrected chi connectivity index (χ0v) is 4.75. The summed E-state index contributed by atoms with van der Waals surface area (Å²) in [5.74, 6) is 0. The molecule has 0 bridgehead atoms. The fourth-order valence-corrected chi connectivity index (χ4v) is 0.754. The molecule has 0 saturated carbocycles. The molecule has 1 atom stereocenters. The van der Waals surface area contributed by atoms with Crippen molar-refractivity contribution < 1.29 is 10.2 Å². The van der Waals surface area contributed by atoms with Gasteiger partial charge in [0.1, 0.15) is 6.23 Å².